The van der Waals surface area contributed by atoms with Gasteiger partial charge in [0.25, 0.3) is 0 Å². The number of aryl methyl sites for hydroxylation is 3. The van der Waals surface area contributed by atoms with E-state index in [1.54, 1.807) is 12.3 Å². The summed E-state index contributed by atoms with van der Waals surface area (Å²) in [6.07, 6.45) is 3.68. The number of hydrogen-bond acceptors (Lipinski definition) is 1. The number of rotatable bonds is 1. The highest BCUT2D eigenvalue weighted by Crippen LogP contribution is 2.30. The Hall–Kier alpha value is -2.68. The molecule has 0 saturated heterocycles. The zero-order chi connectivity index (χ0) is 17.8. The summed E-state index contributed by atoms with van der Waals surface area (Å²) in [5.41, 5.74) is 6.26. The van der Waals surface area contributed by atoms with Crippen molar-refractivity contribution in [1.29, 1.82) is 0 Å². The average Bonchev–Trinajstić information content (AvgIpc) is 2.93. The van der Waals surface area contributed by atoms with E-state index in [4.69, 9.17) is 9.10 Å². The number of benzene rings is 1. The van der Waals surface area contributed by atoms with E-state index in [1.807, 2.05) is 42.1 Å². The number of nitrogens with zero attached hydrogens (tertiary/aromatic N) is 3. The van der Waals surface area contributed by atoms with Crippen LogP contribution in [0.2, 0.25) is 0 Å². The van der Waals surface area contributed by atoms with Crippen LogP contribution in [-0.2, 0) is 7.05 Å². The summed E-state index contributed by atoms with van der Waals surface area (Å²) >= 11 is 0. The molecule has 0 N–H and O–H groups in total. The molecule has 0 bridgehead atoms. The molecule has 3 nitrogen and oxygen atoms in total. The maximum absolute atomic E-state index is 7.60. The van der Waals surface area contributed by atoms with Crippen LogP contribution in [0, 0.1) is 13.8 Å². The van der Waals surface area contributed by atoms with Gasteiger partial charge in [0.05, 0.1) is 11.1 Å². The van der Waals surface area contributed by atoms with E-state index in [9.17, 15) is 0 Å². The average molecular weight is 291 g/mol. The molecule has 0 unspecified atom stereocenters. The third kappa shape index (κ3) is 1.82. The van der Waals surface area contributed by atoms with E-state index in [0.29, 0.717) is 5.56 Å². The van der Waals surface area contributed by atoms with Crippen LogP contribution in [0.1, 0.15) is 15.2 Å². The zero-order valence-corrected chi connectivity index (χ0v) is 12.5. The lowest BCUT2D eigenvalue weighted by Crippen LogP contribution is -2.31. The smallest absolute Gasteiger partial charge is 0.214 e. The molecule has 0 radical (unpaired) electrons. The van der Waals surface area contributed by atoms with Crippen molar-refractivity contribution in [2.45, 2.75) is 13.8 Å². The van der Waals surface area contributed by atoms with Crippen molar-refractivity contribution in [2.75, 3.05) is 0 Å². The second-order valence-corrected chi connectivity index (χ2v) is 5.58. The van der Waals surface area contributed by atoms with Crippen LogP contribution in [0.25, 0.3) is 27.9 Å². The maximum Gasteiger partial charge on any atom is 0.214 e. The van der Waals surface area contributed by atoms with Crippen LogP contribution in [0.15, 0.2) is 54.9 Å². The first-order valence-corrected chi connectivity index (χ1v) is 7.23. The molecule has 1 aromatic carbocycles. The Morgan fingerprint density at radius 3 is 2.86 bits per heavy atom. The van der Waals surface area contributed by atoms with Crippen molar-refractivity contribution in [3.63, 3.8) is 0 Å². The predicted octanol–water partition coefficient (Wildman–Crippen LogP) is 3.60. The molecule has 0 amide bonds. The van der Waals surface area contributed by atoms with Gasteiger partial charge < -0.3 is 0 Å². The first kappa shape index (κ1) is 10.1. The fraction of sp³-hybridized carbons (Fsp3) is 0.158. The van der Waals surface area contributed by atoms with Gasteiger partial charge in [0.1, 0.15) is 18.2 Å². The quantitative estimate of drug-likeness (QED) is 0.491. The lowest BCUT2D eigenvalue weighted by Gasteiger charge is -2.06. The third-order valence-electron chi connectivity index (χ3n) is 4.08. The largest absolute Gasteiger partial charge is 0.300 e. The van der Waals surface area contributed by atoms with Gasteiger partial charge in [0.15, 0.2) is 6.20 Å². The molecule has 3 heterocycles. The lowest BCUT2D eigenvalue weighted by molar-refractivity contribution is -0.660. The van der Waals surface area contributed by atoms with Gasteiger partial charge in [-0.15, -0.1) is 0 Å². The van der Waals surface area contributed by atoms with E-state index >= 15 is 0 Å². The van der Waals surface area contributed by atoms with Gasteiger partial charge in [0.2, 0.25) is 5.69 Å². The summed E-state index contributed by atoms with van der Waals surface area (Å²) in [5, 5.41) is 0. The predicted molar refractivity (Wildman–Crippen MR) is 88.8 cm³/mol. The van der Waals surface area contributed by atoms with Gasteiger partial charge in [-0.2, -0.15) is 0 Å². The fourth-order valence-electron chi connectivity index (χ4n) is 3.02. The summed E-state index contributed by atoms with van der Waals surface area (Å²) in [7, 11) is 1.87. The SMILES string of the molecule is [2H]C([2H])([2H])c1ccc(-c2c(C)ccc3c2nc2ccccn23)[n+](C)c1. The minimum atomic E-state index is -2.11. The molecular formula is C19H18N3+. The molecule has 3 aromatic heterocycles. The van der Waals surface area contributed by atoms with E-state index < -0.39 is 6.85 Å². The van der Waals surface area contributed by atoms with Gasteiger partial charge in [-0.3, -0.25) is 4.40 Å². The standard InChI is InChI=1S/C19H18N3/c1-13-7-9-15(21(3)12-13)18-14(2)8-10-16-19(18)20-17-6-4-5-11-22(16)17/h4-12H,1-3H3/q+1/i1D3. The molecule has 0 spiro atoms. The molecular weight excluding hydrogens is 270 g/mol. The Kier molecular flexibility index (Phi) is 2.15. The van der Waals surface area contributed by atoms with E-state index in [-0.39, 0.29) is 0 Å². The second kappa shape index (κ2) is 4.67. The monoisotopic (exact) mass is 291 g/mol. The number of fused-ring (bicyclic) bond motifs is 3. The molecule has 22 heavy (non-hydrogen) atoms. The number of pyridine rings is 2. The highest BCUT2D eigenvalue weighted by Gasteiger charge is 2.19. The summed E-state index contributed by atoms with van der Waals surface area (Å²) in [4.78, 5) is 4.80. The van der Waals surface area contributed by atoms with Gasteiger partial charge >= 0.3 is 0 Å². The first-order valence-electron chi connectivity index (χ1n) is 8.73. The molecule has 0 saturated carbocycles. The minimum absolute atomic E-state index is 0.332. The number of hydrogen-bond donors (Lipinski definition) is 0. The van der Waals surface area contributed by atoms with Crippen LogP contribution in [0.4, 0.5) is 0 Å². The summed E-state index contributed by atoms with van der Waals surface area (Å²) in [5.74, 6) is 0. The first-order chi connectivity index (χ1) is 11.9. The summed E-state index contributed by atoms with van der Waals surface area (Å²) in [6, 6.07) is 13.6. The Labute approximate surface area is 133 Å². The van der Waals surface area contributed by atoms with Crippen molar-refractivity contribution in [3.8, 4) is 11.3 Å². The van der Waals surface area contributed by atoms with E-state index in [2.05, 4.69) is 23.5 Å². The molecule has 4 rings (SSSR count). The second-order valence-electron chi connectivity index (χ2n) is 5.58. The van der Waals surface area contributed by atoms with E-state index in [1.165, 1.54) is 0 Å². The normalized spacial score (nSPS) is 14.0. The molecule has 0 fully saturated rings. The maximum atomic E-state index is 7.60. The Balaban J connectivity index is 2.02. The zero-order valence-electron chi connectivity index (χ0n) is 15.5. The van der Waals surface area contributed by atoms with Crippen LogP contribution >= 0.6 is 0 Å². The van der Waals surface area contributed by atoms with Crippen molar-refractivity contribution >= 4 is 16.7 Å². The molecule has 0 atom stereocenters. The number of imidazole rings is 1. The summed E-state index contributed by atoms with van der Waals surface area (Å²) in [6.45, 7) is -0.0586. The van der Waals surface area contributed by atoms with Crippen LogP contribution in [0.5, 0.6) is 0 Å². The van der Waals surface area contributed by atoms with Gasteiger partial charge in [-0.25, -0.2) is 9.55 Å². The highest BCUT2D eigenvalue weighted by atomic mass is 15.0. The number of aromatic nitrogens is 3. The van der Waals surface area contributed by atoms with Gasteiger partial charge in [-0.05, 0) is 43.6 Å². The molecule has 108 valence electrons. The van der Waals surface area contributed by atoms with Crippen molar-refractivity contribution in [2.24, 2.45) is 7.05 Å². The Morgan fingerprint density at radius 1 is 1.14 bits per heavy atom. The lowest BCUT2D eigenvalue weighted by atomic mass is 10.0. The Bertz CT molecular complexity index is 1110. The molecule has 4 aromatic rings. The minimum Gasteiger partial charge on any atom is -0.300 e. The van der Waals surface area contributed by atoms with E-state index in [0.717, 1.165) is 33.5 Å². The fourth-order valence-corrected chi connectivity index (χ4v) is 3.02. The molecule has 3 heteroatoms. The van der Waals surface area contributed by atoms with Gasteiger partial charge in [0, 0.05) is 21.9 Å². The molecule has 0 aliphatic heterocycles. The van der Waals surface area contributed by atoms with Crippen molar-refractivity contribution in [3.05, 3.63) is 66.0 Å². The van der Waals surface area contributed by atoms with Crippen LogP contribution in [-0.4, -0.2) is 9.38 Å². The topological polar surface area (TPSA) is 21.2 Å². The third-order valence-corrected chi connectivity index (χ3v) is 4.08. The van der Waals surface area contributed by atoms with Crippen molar-refractivity contribution in [1.82, 2.24) is 9.38 Å². The molecule has 0 aliphatic rings. The van der Waals surface area contributed by atoms with Crippen LogP contribution in [0.3, 0.4) is 0 Å². The highest BCUT2D eigenvalue weighted by molar-refractivity contribution is 5.94. The molecule has 0 aliphatic carbocycles. The van der Waals surface area contributed by atoms with Gasteiger partial charge in [-0.1, -0.05) is 12.1 Å². The Morgan fingerprint density at radius 2 is 2.05 bits per heavy atom. The van der Waals surface area contributed by atoms with Crippen molar-refractivity contribution < 1.29 is 8.68 Å². The summed E-state index contributed by atoms with van der Waals surface area (Å²) < 4.78 is 26.7. The van der Waals surface area contributed by atoms with Crippen LogP contribution < -0.4 is 4.57 Å².